The van der Waals surface area contributed by atoms with Crippen LogP contribution in [-0.2, 0) is 16.1 Å². The van der Waals surface area contributed by atoms with Crippen molar-refractivity contribution in [3.05, 3.63) is 29.4 Å². The molecule has 1 aromatic heterocycles. The molecule has 6 rings (SSSR count). The summed E-state index contributed by atoms with van der Waals surface area (Å²) in [6.07, 6.45) is 11.6. The quantitative estimate of drug-likeness (QED) is 0.511. The Morgan fingerprint density at radius 3 is 2.78 bits per heavy atom. The van der Waals surface area contributed by atoms with Crippen LogP contribution in [0.15, 0.2) is 24.4 Å². The Balaban J connectivity index is 1.24. The minimum atomic E-state index is -0.538. The van der Waals surface area contributed by atoms with E-state index in [9.17, 15) is 9.90 Å². The fourth-order valence-corrected chi connectivity index (χ4v) is 9.91. The van der Waals surface area contributed by atoms with E-state index in [0.29, 0.717) is 41.0 Å². The van der Waals surface area contributed by atoms with Crippen LogP contribution in [0.4, 0.5) is 0 Å². The maximum Gasteiger partial charge on any atom is 0.157 e. The average molecular weight is 513 g/mol. The molecule has 5 nitrogen and oxygen atoms in total. The lowest BCUT2D eigenvalue weighted by molar-refractivity contribution is -0.175. The molecular weight excluding hydrogens is 472 g/mol. The van der Waals surface area contributed by atoms with Gasteiger partial charge >= 0.3 is 0 Å². The summed E-state index contributed by atoms with van der Waals surface area (Å²) >= 11 is 6.24. The normalized spacial score (nSPS) is 42.1. The van der Waals surface area contributed by atoms with Gasteiger partial charge in [0.25, 0.3) is 0 Å². The number of aliphatic hydroxyl groups is 1. The predicted molar refractivity (Wildman–Crippen MR) is 142 cm³/mol. The molecule has 0 bridgehead atoms. The number of ether oxygens (including phenoxy) is 1. The molecule has 4 saturated carbocycles. The van der Waals surface area contributed by atoms with E-state index in [1.807, 2.05) is 43.1 Å². The van der Waals surface area contributed by atoms with Crippen LogP contribution in [0, 0.1) is 40.4 Å². The summed E-state index contributed by atoms with van der Waals surface area (Å²) < 4.78 is 7.75. The van der Waals surface area contributed by atoms with E-state index in [0.717, 1.165) is 56.0 Å². The lowest BCUT2D eigenvalue weighted by Gasteiger charge is -2.62. The number of hydrogen-bond acceptors (Lipinski definition) is 4. The topological polar surface area (TPSA) is 64.3 Å². The van der Waals surface area contributed by atoms with Crippen molar-refractivity contribution in [1.82, 2.24) is 9.78 Å². The zero-order chi connectivity index (χ0) is 25.3. The molecule has 0 radical (unpaired) electrons. The van der Waals surface area contributed by atoms with E-state index >= 15 is 0 Å². The molecule has 2 aromatic rings. The van der Waals surface area contributed by atoms with Gasteiger partial charge in [-0.05, 0) is 117 Å². The molecule has 0 unspecified atom stereocenters. The van der Waals surface area contributed by atoms with Crippen molar-refractivity contribution < 1.29 is 14.6 Å². The summed E-state index contributed by atoms with van der Waals surface area (Å²) in [6, 6.07) is 5.75. The summed E-state index contributed by atoms with van der Waals surface area (Å²) in [4.78, 5) is 13.8. The number of methoxy groups -OCH3 is 1. The highest BCUT2D eigenvalue weighted by atomic mass is 35.5. The molecule has 4 aliphatic carbocycles. The van der Waals surface area contributed by atoms with Crippen LogP contribution in [0.1, 0.15) is 71.6 Å². The third-order valence-electron chi connectivity index (χ3n) is 11.4. The molecule has 0 saturated heterocycles. The Bertz CT molecular complexity index is 1160. The molecule has 0 aliphatic heterocycles. The fourth-order valence-electron chi connectivity index (χ4n) is 9.74. The average Bonchev–Trinajstić information content (AvgIpc) is 3.39. The summed E-state index contributed by atoms with van der Waals surface area (Å²) in [5.74, 6) is 2.90. The summed E-state index contributed by atoms with van der Waals surface area (Å²) in [7, 11) is 1.85. The van der Waals surface area contributed by atoms with Crippen LogP contribution in [-0.4, -0.2) is 40.0 Å². The maximum absolute atomic E-state index is 13.8. The first-order valence-electron chi connectivity index (χ1n) is 14.0. The van der Waals surface area contributed by atoms with E-state index in [2.05, 4.69) is 12.0 Å². The zero-order valence-electron chi connectivity index (χ0n) is 22.0. The van der Waals surface area contributed by atoms with Crippen LogP contribution in [0.2, 0.25) is 5.02 Å². The van der Waals surface area contributed by atoms with E-state index in [1.165, 1.54) is 19.3 Å². The van der Waals surface area contributed by atoms with Crippen LogP contribution in [0.25, 0.3) is 10.9 Å². The Morgan fingerprint density at radius 2 is 1.97 bits per heavy atom. The SMILES string of the molecule is COC[C@]12CC[C@@](C)(O)C[C@H]1CC[C@H]1[C@@H]3CC[C@H](C(=O)Cn4ncc5ccc(Cl)cc54)[C@@]3(C)CC[C@@H]12. The first kappa shape index (κ1) is 24.9. The number of ketones is 1. The van der Waals surface area contributed by atoms with Crippen molar-refractivity contribution in [2.24, 2.45) is 40.4 Å². The molecule has 4 fully saturated rings. The first-order chi connectivity index (χ1) is 17.2. The van der Waals surface area contributed by atoms with Gasteiger partial charge in [0.15, 0.2) is 5.78 Å². The fraction of sp³-hybridized carbons (Fsp3) is 0.733. The van der Waals surface area contributed by atoms with Crippen molar-refractivity contribution in [3.8, 4) is 0 Å². The second-order valence-electron chi connectivity index (χ2n) is 13.2. The minimum absolute atomic E-state index is 0.0696. The van der Waals surface area contributed by atoms with Crippen LogP contribution in [0.5, 0.6) is 0 Å². The molecule has 4 aliphatic rings. The molecule has 0 spiro atoms. The van der Waals surface area contributed by atoms with Gasteiger partial charge in [-0.3, -0.25) is 9.48 Å². The third-order valence-corrected chi connectivity index (χ3v) is 11.6. The van der Waals surface area contributed by atoms with Gasteiger partial charge < -0.3 is 9.84 Å². The zero-order valence-corrected chi connectivity index (χ0v) is 22.8. The van der Waals surface area contributed by atoms with Gasteiger partial charge in [-0.15, -0.1) is 0 Å². The van der Waals surface area contributed by atoms with E-state index in [4.69, 9.17) is 16.3 Å². The van der Waals surface area contributed by atoms with Gasteiger partial charge in [-0.25, -0.2) is 0 Å². The molecule has 1 heterocycles. The van der Waals surface area contributed by atoms with Crippen molar-refractivity contribution in [3.63, 3.8) is 0 Å². The number of fused-ring (bicyclic) bond motifs is 6. The smallest absolute Gasteiger partial charge is 0.157 e. The summed E-state index contributed by atoms with van der Waals surface area (Å²) in [6.45, 7) is 5.59. The number of halogens is 1. The molecule has 6 heteroatoms. The molecule has 196 valence electrons. The lowest BCUT2D eigenvalue weighted by atomic mass is 9.43. The number of hydrogen-bond donors (Lipinski definition) is 1. The number of carbonyl (C=O) groups is 1. The molecule has 36 heavy (non-hydrogen) atoms. The van der Waals surface area contributed by atoms with E-state index in [1.54, 1.807) is 0 Å². The van der Waals surface area contributed by atoms with Gasteiger partial charge in [-0.1, -0.05) is 18.5 Å². The van der Waals surface area contributed by atoms with Crippen LogP contribution >= 0.6 is 11.6 Å². The molecule has 1 N–H and O–H groups in total. The highest BCUT2D eigenvalue weighted by Gasteiger charge is 2.63. The lowest BCUT2D eigenvalue weighted by Crippen LogP contribution is -2.58. The van der Waals surface area contributed by atoms with Crippen LogP contribution in [0.3, 0.4) is 0 Å². The van der Waals surface area contributed by atoms with Gasteiger partial charge in [-0.2, -0.15) is 5.10 Å². The van der Waals surface area contributed by atoms with Crippen molar-refractivity contribution in [2.75, 3.05) is 13.7 Å². The Kier molecular flexibility index (Phi) is 6.09. The maximum atomic E-state index is 13.8. The number of benzene rings is 1. The standard InChI is InChI=1S/C30H41ClN2O3/c1-28(35)12-13-30(18-36-3)20(15-28)5-7-22-23-8-9-25(29(23,2)11-10-24(22)30)27(34)17-33-26-14-21(31)6-4-19(26)16-32-33/h4,6,14,16,20,22-25,35H,5,7-13,15,17-18H2,1-3H3/t20-,22+,23+,24+,25-,28-,29+,30-/m1/s1. The summed E-state index contributed by atoms with van der Waals surface area (Å²) in [5.41, 5.74) is 0.660. The number of aromatic nitrogens is 2. The third kappa shape index (κ3) is 3.79. The first-order valence-corrected chi connectivity index (χ1v) is 14.4. The van der Waals surface area contributed by atoms with Gasteiger partial charge in [0.05, 0.1) is 23.9 Å². The highest BCUT2D eigenvalue weighted by molar-refractivity contribution is 6.31. The Hall–Kier alpha value is -1.43. The second-order valence-corrected chi connectivity index (χ2v) is 13.6. The van der Waals surface area contributed by atoms with Gasteiger partial charge in [0.1, 0.15) is 6.54 Å². The van der Waals surface area contributed by atoms with E-state index < -0.39 is 5.60 Å². The molecule has 1 aromatic carbocycles. The number of rotatable bonds is 5. The number of nitrogens with zero attached hydrogens (tertiary/aromatic N) is 2. The van der Waals surface area contributed by atoms with Crippen LogP contribution < -0.4 is 0 Å². The largest absolute Gasteiger partial charge is 0.390 e. The Morgan fingerprint density at radius 1 is 1.14 bits per heavy atom. The number of Topliss-reactive ketones (excluding diaryl/α,β-unsaturated/α-hetero) is 1. The number of carbonyl (C=O) groups excluding carboxylic acids is 1. The van der Waals surface area contributed by atoms with Gasteiger partial charge in [0.2, 0.25) is 0 Å². The Labute approximate surface area is 219 Å². The van der Waals surface area contributed by atoms with Crippen molar-refractivity contribution in [1.29, 1.82) is 0 Å². The summed E-state index contributed by atoms with van der Waals surface area (Å²) in [5, 5.41) is 17.1. The predicted octanol–water partition coefficient (Wildman–Crippen LogP) is 6.30. The van der Waals surface area contributed by atoms with E-state index in [-0.39, 0.29) is 16.7 Å². The molecular formula is C30H41ClN2O3. The molecule has 8 atom stereocenters. The highest BCUT2D eigenvalue weighted by Crippen LogP contribution is 2.68. The van der Waals surface area contributed by atoms with Crippen molar-refractivity contribution in [2.45, 2.75) is 83.8 Å². The molecule has 0 amide bonds. The second kappa shape index (κ2) is 8.81. The van der Waals surface area contributed by atoms with Crippen molar-refractivity contribution >= 4 is 28.3 Å². The monoisotopic (exact) mass is 512 g/mol. The minimum Gasteiger partial charge on any atom is -0.390 e. The van der Waals surface area contributed by atoms with Gasteiger partial charge in [0, 0.05) is 23.4 Å².